The highest BCUT2D eigenvalue weighted by molar-refractivity contribution is 5.94. The summed E-state index contributed by atoms with van der Waals surface area (Å²) in [5, 5.41) is 19.1. The van der Waals surface area contributed by atoms with E-state index in [9.17, 15) is 19.5 Å². The van der Waals surface area contributed by atoms with Crippen LogP contribution in [0.3, 0.4) is 0 Å². The van der Waals surface area contributed by atoms with Gasteiger partial charge >= 0.3 is 5.97 Å². The van der Waals surface area contributed by atoms with Gasteiger partial charge in [-0.1, -0.05) is 17.7 Å². The second kappa shape index (κ2) is 7.68. The summed E-state index contributed by atoms with van der Waals surface area (Å²) in [5.74, 6) is -1.62. The van der Waals surface area contributed by atoms with Gasteiger partial charge in [-0.3, -0.25) is 9.59 Å². The summed E-state index contributed by atoms with van der Waals surface area (Å²) >= 11 is 0. The Balaban J connectivity index is 1.61. The van der Waals surface area contributed by atoms with Crippen LogP contribution < -0.4 is 0 Å². The molecule has 3 rings (SSSR count). The van der Waals surface area contributed by atoms with Gasteiger partial charge in [0.15, 0.2) is 5.60 Å². The molecule has 2 aliphatic rings. The lowest BCUT2D eigenvalue weighted by Gasteiger charge is -2.39. The van der Waals surface area contributed by atoms with Gasteiger partial charge in [0.25, 0.3) is 5.91 Å². The number of piperidine rings is 2. The number of benzene rings is 1. The van der Waals surface area contributed by atoms with E-state index in [0.717, 1.165) is 18.4 Å². The summed E-state index contributed by atoms with van der Waals surface area (Å²) in [7, 11) is 0. The molecule has 0 spiro atoms. The third kappa shape index (κ3) is 4.13. The van der Waals surface area contributed by atoms with Gasteiger partial charge in [0.2, 0.25) is 5.91 Å². The SMILES string of the molecule is Cc1ccc(C(=O)N2CCCC(C(=O)N3CCC(O)(C(=O)O)CC3)C2)cc1. The van der Waals surface area contributed by atoms with Crippen molar-refractivity contribution in [1.82, 2.24) is 9.80 Å². The van der Waals surface area contributed by atoms with E-state index in [-0.39, 0.29) is 43.7 Å². The number of rotatable bonds is 3. The quantitative estimate of drug-likeness (QED) is 0.831. The number of aliphatic carboxylic acids is 1. The molecule has 146 valence electrons. The Hall–Kier alpha value is -2.41. The van der Waals surface area contributed by atoms with E-state index >= 15 is 0 Å². The van der Waals surface area contributed by atoms with E-state index in [1.165, 1.54) is 0 Å². The Morgan fingerprint density at radius 3 is 2.26 bits per heavy atom. The molecule has 2 N–H and O–H groups in total. The van der Waals surface area contributed by atoms with Gasteiger partial charge in [-0.05, 0) is 31.9 Å². The molecule has 7 nitrogen and oxygen atoms in total. The number of amides is 2. The summed E-state index contributed by atoms with van der Waals surface area (Å²) in [6, 6.07) is 7.41. The minimum atomic E-state index is -1.74. The van der Waals surface area contributed by atoms with Crippen molar-refractivity contribution in [2.45, 2.75) is 38.2 Å². The lowest BCUT2D eigenvalue weighted by atomic mass is 9.89. The molecule has 0 bridgehead atoms. The molecule has 0 saturated carbocycles. The first-order valence-corrected chi connectivity index (χ1v) is 9.41. The van der Waals surface area contributed by atoms with Crippen molar-refractivity contribution in [2.24, 2.45) is 5.92 Å². The molecule has 2 saturated heterocycles. The van der Waals surface area contributed by atoms with E-state index in [1.807, 2.05) is 19.1 Å². The average Bonchev–Trinajstić information content (AvgIpc) is 2.68. The Morgan fingerprint density at radius 2 is 1.67 bits per heavy atom. The van der Waals surface area contributed by atoms with Crippen LogP contribution in [-0.2, 0) is 9.59 Å². The molecule has 0 radical (unpaired) electrons. The monoisotopic (exact) mass is 374 g/mol. The molecule has 1 aromatic rings. The maximum absolute atomic E-state index is 12.8. The minimum Gasteiger partial charge on any atom is -0.479 e. The topological polar surface area (TPSA) is 98.2 Å². The maximum atomic E-state index is 12.8. The molecular formula is C20H26N2O5. The van der Waals surface area contributed by atoms with Crippen molar-refractivity contribution in [3.8, 4) is 0 Å². The number of carbonyl (C=O) groups excluding carboxylic acids is 2. The molecule has 1 atom stereocenters. The molecule has 1 unspecified atom stereocenters. The zero-order valence-corrected chi connectivity index (χ0v) is 15.6. The summed E-state index contributed by atoms with van der Waals surface area (Å²) in [6.07, 6.45) is 1.55. The van der Waals surface area contributed by atoms with Crippen molar-refractivity contribution >= 4 is 17.8 Å². The maximum Gasteiger partial charge on any atom is 0.335 e. The van der Waals surface area contributed by atoms with Crippen LogP contribution in [0.5, 0.6) is 0 Å². The summed E-state index contributed by atoms with van der Waals surface area (Å²) in [4.78, 5) is 40.0. The highest BCUT2D eigenvalue weighted by atomic mass is 16.4. The summed E-state index contributed by atoms with van der Waals surface area (Å²) in [6.45, 7) is 3.43. The average molecular weight is 374 g/mol. The van der Waals surface area contributed by atoms with Crippen molar-refractivity contribution in [3.63, 3.8) is 0 Å². The minimum absolute atomic E-state index is 0.0345. The van der Waals surface area contributed by atoms with E-state index in [1.54, 1.807) is 21.9 Å². The number of carboxylic acids is 1. The smallest absolute Gasteiger partial charge is 0.335 e. The zero-order chi connectivity index (χ0) is 19.6. The standard InChI is InChI=1S/C20H26N2O5/c1-14-4-6-15(7-5-14)17(23)22-10-2-3-16(13-22)18(24)21-11-8-20(27,9-12-21)19(25)26/h4-7,16,27H,2-3,8-13H2,1H3,(H,25,26). The number of carbonyl (C=O) groups is 3. The van der Waals surface area contributed by atoms with Gasteiger partial charge in [0.05, 0.1) is 5.92 Å². The normalized spacial score (nSPS) is 22.4. The molecule has 2 amide bonds. The fourth-order valence-corrected chi connectivity index (χ4v) is 3.81. The summed E-state index contributed by atoms with van der Waals surface area (Å²) < 4.78 is 0. The number of hydrogen-bond acceptors (Lipinski definition) is 4. The molecule has 0 aliphatic carbocycles. The first kappa shape index (κ1) is 19.4. The largest absolute Gasteiger partial charge is 0.479 e. The molecule has 2 heterocycles. The molecule has 27 heavy (non-hydrogen) atoms. The van der Waals surface area contributed by atoms with E-state index in [4.69, 9.17) is 5.11 Å². The van der Waals surface area contributed by atoms with Crippen LogP contribution in [0.25, 0.3) is 0 Å². The summed E-state index contributed by atoms with van der Waals surface area (Å²) in [5.41, 5.74) is -0.0283. The third-order valence-electron chi connectivity index (χ3n) is 5.66. The Morgan fingerprint density at radius 1 is 1.04 bits per heavy atom. The molecule has 7 heteroatoms. The zero-order valence-electron chi connectivity index (χ0n) is 15.6. The number of aliphatic hydroxyl groups is 1. The highest BCUT2D eigenvalue weighted by Crippen LogP contribution is 2.26. The fourth-order valence-electron chi connectivity index (χ4n) is 3.81. The van der Waals surface area contributed by atoms with Crippen molar-refractivity contribution in [3.05, 3.63) is 35.4 Å². The number of hydrogen-bond donors (Lipinski definition) is 2. The Labute approximate surface area is 158 Å². The van der Waals surface area contributed by atoms with Crippen LogP contribution in [0.2, 0.25) is 0 Å². The van der Waals surface area contributed by atoms with Crippen LogP contribution in [0.15, 0.2) is 24.3 Å². The number of aryl methyl sites for hydroxylation is 1. The van der Waals surface area contributed by atoms with Gasteiger partial charge in [-0.25, -0.2) is 4.79 Å². The third-order valence-corrected chi connectivity index (χ3v) is 5.66. The predicted molar refractivity (Wildman–Crippen MR) is 98.2 cm³/mol. The Kier molecular flexibility index (Phi) is 5.51. The first-order chi connectivity index (χ1) is 12.8. The van der Waals surface area contributed by atoms with Crippen LogP contribution in [0.1, 0.15) is 41.6 Å². The molecule has 2 fully saturated rings. The van der Waals surface area contributed by atoms with Gasteiger partial charge in [0, 0.05) is 44.6 Å². The van der Waals surface area contributed by atoms with Crippen LogP contribution in [0.4, 0.5) is 0 Å². The van der Waals surface area contributed by atoms with E-state index in [0.29, 0.717) is 18.7 Å². The number of nitrogens with zero attached hydrogens (tertiary/aromatic N) is 2. The van der Waals surface area contributed by atoms with Gasteiger partial charge in [-0.15, -0.1) is 0 Å². The first-order valence-electron chi connectivity index (χ1n) is 9.41. The second-order valence-electron chi connectivity index (χ2n) is 7.62. The van der Waals surface area contributed by atoms with Crippen LogP contribution in [-0.4, -0.2) is 69.6 Å². The van der Waals surface area contributed by atoms with E-state index < -0.39 is 11.6 Å². The molecule has 0 aromatic heterocycles. The molecular weight excluding hydrogens is 348 g/mol. The van der Waals surface area contributed by atoms with Crippen LogP contribution >= 0.6 is 0 Å². The highest BCUT2D eigenvalue weighted by Gasteiger charge is 2.42. The van der Waals surface area contributed by atoms with Gasteiger partial charge in [-0.2, -0.15) is 0 Å². The predicted octanol–water partition coefficient (Wildman–Crippen LogP) is 1.29. The van der Waals surface area contributed by atoms with E-state index in [2.05, 4.69) is 0 Å². The van der Waals surface area contributed by atoms with Gasteiger partial charge in [0.1, 0.15) is 0 Å². The fraction of sp³-hybridized carbons (Fsp3) is 0.550. The molecule has 1 aromatic carbocycles. The van der Waals surface area contributed by atoms with Crippen molar-refractivity contribution in [2.75, 3.05) is 26.2 Å². The van der Waals surface area contributed by atoms with Crippen LogP contribution in [0, 0.1) is 12.8 Å². The lowest BCUT2D eigenvalue weighted by molar-refractivity contribution is -0.166. The number of likely N-dealkylation sites (tertiary alicyclic amines) is 2. The van der Waals surface area contributed by atoms with Crippen molar-refractivity contribution in [1.29, 1.82) is 0 Å². The Bertz CT molecular complexity index is 722. The van der Waals surface area contributed by atoms with Gasteiger partial charge < -0.3 is 20.0 Å². The molecule has 2 aliphatic heterocycles. The number of carboxylic acid groups (broad SMARTS) is 1. The lowest BCUT2D eigenvalue weighted by Crippen LogP contribution is -2.53. The second-order valence-corrected chi connectivity index (χ2v) is 7.62. The van der Waals surface area contributed by atoms with Crippen molar-refractivity contribution < 1.29 is 24.6 Å².